The maximum absolute atomic E-state index is 3.62. The zero-order valence-corrected chi connectivity index (χ0v) is 14.0. The van der Waals surface area contributed by atoms with E-state index in [1.54, 1.807) is 0 Å². The van der Waals surface area contributed by atoms with E-state index in [1.807, 2.05) is 0 Å². The van der Waals surface area contributed by atoms with E-state index in [0.717, 1.165) is 12.5 Å². The highest BCUT2D eigenvalue weighted by Gasteiger charge is 2.33. The smallest absolute Gasteiger partial charge is 0.00665 e. The van der Waals surface area contributed by atoms with Gasteiger partial charge in [-0.05, 0) is 51.1 Å². The van der Waals surface area contributed by atoms with Crippen molar-refractivity contribution < 1.29 is 0 Å². The Kier molecular flexibility index (Phi) is 7.38. The molecule has 0 heterocycles. The molecule has 1 N–H and O–H groups in total. The highest BCUT2D eigenvalue weighted by Crippen LogP contribution is 2.37. The Hall–Kier alpha value is -0.0800. The van der Waals surface area contributed by atoms with Crippen LogP contribution >= 0.6 is 0 Å². The average molecular weight is 268 g/mol. The third-order valence-corrected chi connectivity index (χ3v) is 4.81. The van der Waals surface area contributed by atoms with Gasteiger partial charge in [0, 0.05) is 19.1 Å². The Morgan fingerprint density at radius 3 is 2.26 bits per heavy atom. The maximum atomic E-state index is 3.62. The minimum atomic E-state index is 0.536. The number of nitrogens with one attached hydrogen (secondary N) is 1. The topological polar surface area (TPSA) is 15.3 Å². The Morgan fingerprint density at radius 1 is 1.11 bits per heavy atom. The molecule has 1 fully saturated rings. The fourth-order valence-electron chi connectivity index (χ4n) is 3.63. The van der Waals surface area contributed by atoms with Gasteiger partial charge in [-0.15, -0.1) is 0 Å². The normalized spacial score (nSPS) is 21.0. The molecular formula is C17H36N2. The van der Waals surface area contributed by atoms with Crippen LogP contribution in [0.3, 0.4) is 0 Å². The van der Waals surface area contributed by atoms with Crippen LogP contribution in [0.5, 0.6) is 0 Å². The molecule has 0 aromatic heterocycles. The van der Waals surface area contributed by atoms with E-state index in [0.29, 0.717) is 11.5 Å². The van der Waals surface area contributed by atoms with Gasteiger partial charge in [-0.2, -0.15) is 0 Å². The molecule has 2 nitrogen and oxygen atoms in total. The molecule has 0 radical (unpaired) electrons. The second-order valence-electron chi connectivity index (χ2n) is 7.23. The molecule has 2 heteroatoms. The van der Waals surface area contributed by atoms with Crippen LogP contribution in [0, 0.1) is 11.3 Å². The molecule has 0 aromatic rings. The van der Waals surface area contributed by atoms with Crippen molar-refractivity contribution in [2.45, 2.75) is 72.3 Å². The van der Waals surface area contributed by atoms with Crippen LogP contribution in [0.25, 0.3) is 0 Å². The highest BCUT2D eigenvalue weighted by molar-refractivity contribution is 4.88. The van der Waals surface area contributed by atoms with E-state index >= 15 is 0 Å². The van der Waals surface area contributed by atoms with Crippen LogP contribution in [-0.2, 0) is 0 Å². The molecule has 1 unspecified atom stereocenters. The van der Waals surface area contributed by atoms with E-state index in [2.05, 4.69) is 45.0 Å². The molecule has 1 aliphatic carbocycles. The zero-order valence-electron chi connectivity index (χ0n) is 14.0. The van der Waals surface area contributed by atoms with Gasteiger partial charge in [0.25, 0.3) is 0 Å². The van der Waals surface area contributed by atoms with Gasteiger partial charge in [0.2, 0.25) is 0 Å². The van der Waals surface area contributed by atoms with Crippen LogP contribution in [-0.4, -0.2) is 37.6 Å². The predicted molar refractivity (Wildman–Crippen MR) is 85.6 cm³/mol. The molecule has 0 spiro atoms. The number of hydrogen-bond donors (Lipinski definition) is 1. The summed E-state index contributed by atoms with van der Waals surface area (Å²) in [7, 11) is 2.33. The molecule has 1 rings (SSSR count). The summed E-state index contributed by atoms with van der Waals surface area (Å²) in [6.45, 7) is 12.9. The lowest BCUT2D eigenvalue weighted by molar-refractivity contribution is 0.0913. The van der Waals surface area contributed by atoms with Crippen molar-refractivity contribution in [1.29, 1.82) is 0 Å². The Labute approximate surface area is 121 Å². The van der Waals surface area contributed by atoms with Gasteiger partial charge in [0.15, 0.2) is 0 Å². The summed E-state index contributed by atoms with van der Waals surface area (Å²) >= 11 is 0. The van der Waals surface area contributed by atoms with Gasteiger partial charge in [-0.1, -0.05) is 40.0 Å². The SMILES string of the molecule is CCNCC1(CN(C)C(C)CC(C)C)CCCCC1. The Morgan fingerprint density at radius 2 is 1.74 bits per heavy atom. The lowest BCUT2D eigenvalue weighted by Crippen LogP contribution is -2.46. The highest BCUT2D eigenvalue weighted by atomic mass is 15.1. The molecule has 0 bridgehead atoms. The second kappa shape index (κ2) is 8.26. The first-order chi connectivity index (χ1) is 8.99. The number of nitrogens with zero attached hydrogens (tertiary/aromatic N) is 1. The van der Waals surface area contributed by atoms with E-state index in [9.17, 15) is 0 Å². The average Bonchev–Trinajstić information content (AvgIpc) is 2.36. The lowest BCUT2D eigenvalue weighted by Gasteiger charge is -2.42. The van der Waals surface area contributed by atoms with Crippen LogP contribution in [0.15, 0.2) is 0 Å². The third kappa shape index (κ3) is 5.83. The van der Waals surface area contributed by atoms with Crippen LogP contribution in [0.1, 0.15) is 66.2 Å². The van der Waals surface area contributed by atoms with Gasteiger partial charge < -0.3 is 10.2 Å². The zero-order chi connectivity index (χ0) is 14.3. The Balaban J connectivity index is 2.55. The van der Waals surface area contributed by atoms with Crippen LogP contribution in [0.4, 0.5) is 0 Å². The van der Waals surface area contributed by atoms with Gasteiger partial charge in [-0.25, -0.2) is 0 Å². The number of rotatable bonds is 8. The van der Waals surface area contributed by atoms with Crippen molar-refractivity contribution in [2.24, 2.45) is 11.3 Å². The van der Waals surface area contributed by atoms with Crippen molar-refractivity contribution in [1.82, 2.24) is 10.2 Å². The Bertz CT molecular complexity index is 231. The van der Waals surface area contributed by atoms with Crippen LogP contribution in [0.2, 0.25) is 0 Å². The van der Waals surface area contributed by atoms with Gasteiger partial charge in [-0.3, -0.25) is 0 Å². The number of hydrogen-bond acceptors (Lipinski definition) is 2. The standard InChI is InChI=1S/C17H36N2/c1-6-18-13-17(10-8-7-9-11-17)14-19(5)16(4)12-15(2)3/h15-16,18H,6-14H2,1-5H3. The maximum Gasteiger partial charge on any atom is 0.00665 e. The van der Waals surface area contributed by atoms with Crippen molar-refractivity contribution in [3.05, 3.63) is 0 Å². The molecule has 1 aliphatic rings. The fourth-order valence-corrected chi connectivity index (χ4v) is 3.63. The molecule has 1 saturated carbocycles. The summed E-state index contributed by atoms with van der Waals surface area (Å²) in [5, 5.41) is 3.62. The predicted octanol–water partition coefficient (Wildman–Crippen LogP) is 3.91. The molecular weight excluding hydrogens is 232 g/mol. The summed E-state index contributed by atoms with van der Waals surface area (Å²) in [5.41, 5.74) is 0.536. The monoisotopic (exact) mass is 268 g/mol. The molecule has 0 saturated heterocycles. The molecule has 0 aromatic carbocycles. The van der Waals surface area contributed by atoms with E-state index in [4.69, 9.17) is 0 Å². The third-order valence-electron chi connectivity index (χ3n) is 4.81. The summed E-state index contributed by atoms with van der Waals surface area (Å²) in [4.78, 5) is 2.61. The van der Waals surface area contributed by atoms with Gasteiger partial charge >= 0.3 is 0 Å². The lowest BCUT2D eigenvalue weighted by atomic mass is 9.73. The van der Waals surface area contributed by atoms with Crippen LogP contribution < -0.4 is 5.32 Å². The van der Waals surface area contributed by atoms with Crippen molar-refractivity contribution >= 4 is 0 Å². The van der Waals surface area contributed by atoms with E-state index < -0.39 is 0 Å². The molecule has 114 valence electrons. The summed E-state index contributed by atoms with van der Waals surface area (Å²) < 4.78 is 0. The minimum Gasteiger partial charge on any atom is -0.316 e. The molecule has 1 atom stereocenters. The first-order valence-electron chi connectivity index (χ1n) is 8.40. The molecule has 0 amide bonds. The van der Waals surface area contributed by atoms with Crippen molar-refractivity contribution in [3.63, 3.8) is 0 Å². The fraction of sp³-hybridized carbons (Fsp3) is 1.00. The minimum absolute atomic E-state index is 0.536. The quantitative estimate of drug-likeness (QED) is 0.718. The van der Waals surface area contributed by atoms with Gasteiger partial charge in [0.1, 0.15) is 0 Å². The first kappa shape index (κ1) is 17.0. The summed E-state index contributed by atoms with van der Waals surface area (Å²) in [5.74, 6) is 0.800. The molecule has 0 aliphatic heterocycles. The van der Waals surface area contributed by atoms with E-state index in [-0.39, 0.29) is 0 Å². The summed E-state index contributed by atoms with van der Waals surface area (Å²) in [6, 6.07) is 0.709. The van der Waals surface area contributed by atoms with Crippen molar-refractivity contribution in [3.8, 4) is 0 Å². The van der Waals surface area contributed by atoms with Gasteiger partial charge in [0.05, 0.1) is 0 Å². The van der Waals surface area contributed by atoms with E-state index in [1.165, 1.54) is 51.6 Å². The molecule has 19 heavy (non-hydrogen) atoms. The first-order valence-corrected chi connectivity index (χ1v) is 8.40. The largest absolute Gasteiger partial charge is 0.316 e. The summed E-state index contributed by atoms with van der Waals surface area (Å²) in [6.07, 6.45) is 8.44. The second-order valence-corrected chi connectivity index (χ2v) is 7.23. The van der Waals surface area contributed by atoms with Crippen molar-refractivity contribution in [2.75, 3.05) is 26.7 Å².